The first kappa shape index (κ1) is 35.3. The van der Waals surface area contributed by atoms with Gasteiger partial charge in [-0.05, 0) is 31.0 Å². The molecule has 0 saturated carbocycles. The molecular weight excluding hydrogens is 659 g/mol. The van der Waals surface area contributed by atoms with Crippen molar-refractivity contribution in [3.05, 3.63) is 65.0 Å². The van der Waals surface area contributed by atoms with Crippen molar-refractivity contribution >= 4 is 58.2 Å². The molecule has 0 spiro atoms. The minimum absolute atomic E-state index is 0.0624. The van der Waals surface area contributed by atoms with Gasteiger partial charge in [-0.3, -0.25) is 14.2 Å². The Labute approximate surface area is 279 Å². The predicted octanol–water partition coefficient (Wildman–Crippen LogP) is 3.54. The van der Waals surface area contributed by atoms with Crippen LogP contribution in [0, 0.1) is 12.3 Å². The number of terminal acetylenes is 1. The Morgan fingerprint density at radius 2 is 1.85 bits per heavy atom. The van der Waals surface area contributed by atoms with Gasteiger partial charge >= 0.3 is 23.9 Å². The highest BCUT2D eigenvalue weighted by Gasteiger charge is 2.63. The Bertz CT molecular complexity index is 1730. The van der Waals surface area contributed by atoms with E-state index in [1.807, 2.05) is 0 Å². The summed E-state index contributed by atoms with van der Waals surface area (Å²) in [4.78, 5) is 64.4. The number of hydrogen-bond donors (Lipinski definition) is 0. The van der Waals surface area contributed by atoms with Gasteiger partial charge in [0.05, 0.1) is 25.8 Å². The van der Waals surface area contributed by atoms with E-state index < -0.39 is 60.1 Å². The van der Waals surface area contributed by atoms with Crippen molar-refractivity contribution in [1.82, 2.24) is 19.5 Å². The molecule has 47 heavy (non-hydrogen) atoms. The van der Waals surface area contributed by atoms with Crippen molar-refractivity contribution in [1.29, 1.82) is 0 Å². The van der Waals surface area contributed by atoms with Gasteiger partial charge in [-0.2, -0.15) is 4.98 Å². The summed E-state index contributed by atoms with van der Waals surface area (Å²) in [5.41, 5.74) is -3.88. The SMILES string of the molecule is C#C[C@@]1(OC(C)=O)[C@@H](COC(Cc2ccccc2)(C(=O)OC=CC)C(=O)OCC)O[C@@H](n2cnc3c(Cl)nc(Cl)nc32)[C@@H]1OC(C)=O. The molecule has 1 aliphatic rings. The number of imidazole rings is 1. The molecule has 0 N–H and O–H groups in total. The molecule has 4 rings (SSSR count). The number of benzene rings is 1. The topological polar surface area (TPSA) is 167 Å². The molecule has 2 aromatic heterocycles. The first-order valence-electron chi connectivity index (χ1n) is 14.1. The van der Waals surface area contributed by atoms with Gasteiger partial charge in [-0.1, -0.05) is 53.9 Å². The van der Waals surface area contributed by atoms with Crippen LogP contribution < -0.4 is 0 Å². The minimum atomic E-state index is -2.40. The first-order chi connectivity index (χ1) is 22.4. The maximum atomic E-state index is 13.6. The monoisotopic (exact) mass is 688 g/mol. The Morgan fingerprint density at radius 1 is 1.13 bits per heavy atom. The number of aromatic nitrogens is 4. The molecule has 1 aromatic carbocycles. The lowest BCUT2D eigenvalue weighted by molar-refractivity contribution is -0.198. The van der Waals surface area contributed by atoms with Crippen LogP contribution in [0.15, 0.2) is 49.0 Å². The number of allylic oxidation sites excluding steroid dienone is 1. The van der Waals surface area contributed by atoms with Crippen LogP contribution in [0.3, 0.4) is 0 Å². The van der Waals surface area contributed by atoms with Gasteiger partial charge in [0, 0.05) is 20.3 Å². The second kappa shape index (κ2) is 14.9. The highest BCUT2D eigenvalue weighted by atomic mass is 35.5. The zero-order valence-electron chi connectivity index (χ0n) is 25.7. The number of carbonyl (C=O) groups excluding carboxylic acids is 4. The van der Waals surface area contributed by atoms with Gasteiger partial charge in [0.15, 0.2) is 17.0 Å². The van der Waals surface area contributed by atoms with E-state index in [4.69, 9.17) is 58.0 Å². The van der Waals surface area contributed by atoms with E-state index >= 15 is 0 Å². The Kier molecular flexibility index (Phi) is 11.2. The lowest BCUT2D eigenvalue weighted by Crippen LogP contribution is -2.57. The third kappa shape index (κ3) is 7.23. The van der Waals surface area contributed by atoms with Crippen LogP contribution in [0.2, 0.25) is 10.4 Å². The maximum Gasteiger partial charge on any atom is 0.355 e. The summed E-state index contributed by atoms with van der Waals surface area (Å²) in [5.74, 6) is -1.46. The molecule has 1 aliphatic heterocycles. The van der Waals surface area contributed by atoms with Crippen molar-refractivity contribution in [3.63, 3.8) is 0 Å². The van der Waals surface area contributed by atoms with E-state index in [1.165, 1.54) is 17.0 Å². The number of nitrogens with zero attached hydrogens (tertiary/aromatic N) is 4. The summed E-state index contributed by atoms with van der Waals surface area (Å²) in [7, 11) is 0. The summed E-state index contributed by atoms with van der Waals surface area (Å²) < 4.78 is 35.6. The van der Waals surface area contributed by atoms with E-state index in [2.05, 4.69) is 20.9 Å². The molecule has 3 heterocycles. The highest BCUT2D eigenvalue weighted by molar-refractivity contribution is 6.35. The summed E-state index contributed by atoms with van der Waals surface area (Å²) in [6, 6.07) is 8.51. The van der Waals surface area contributed by atoms with E-state index in [-0.39, 0.29) is 34.6 Å². The van der Waals surface area contributed by atoms with Gasteiger partial charge < -0.3 is 28.4 Å². The molecule has 1 fully saturated rings. The van der Waals surface area contributed by atoms with Crippen molar-refractivity contribution in [2.75, 3.05) is 13.2 Å². The zero-order chi connectivity index (χ0) is 34.4. The zero-order valence-corrected chi connectivity index (χ0v) is 27.2. The number of esters is 4. The van der Waals surface area contributed by atoms with E-state index in [9.17, 15) is 19.2 Å². The molecule has 0 bridgehead atoms. The molecule has 1 saturated heterocycles. The molecule has 16 heteroatoms. The largest absolute Gasteiger partial charge is 0.463 e. The second-order valence-electron chi connectivity index (χ2n) is 10.1. The van der Waals surface area contributed by atoms with Crippen molar-refractivity contribution in [2.45, 2.75) is 63.8 Å². The molecular formula is C31H30Cl2N4O10. The van der Waals surface area contributed by atoms with Crippen molar-refractivity contribution < 1.29 is 47.6 Å². The molecule has 14 nitrogen and oxygen atoms in total. The standard InChI is InChI=1S/C31H30Cl2N4O10/c1-6-14-43-28(41)31(27(40)42-8-3,15-20-12-10-9-11-13-20)44-16-21-30(7-2,47-19(5)39)23(45-18(4)38)26(46-21)37-17-34-22-24(32)35-29(33)36-25(22)37/h2,6,9-14,17,21,23,26H,8,15-16H2,1,3-5H3/t21-,23+,26-,30-,31?/m1/s1. The van der Waals surface area contributed by atoms with Crippen LogP contribution >= 0.6 is 23.2 Å². The number of carbonyl (C=O) groups is 4. The van der Waals surface area contributed by atoms with Crippen molar-refractivity contribution in [3.8, 4) is 12.3 Å². The fourth-order valence-electron chi connectivity index (χ4n) is 5.01. The minimum Gasteiger partial charge on any atom is -0.463 e. The second-order valence-corrected chi connectivity index (χ2v) is 10.8. The molecule has 5 atom stereocenters. The van der Waals surface area contributed by atoms with Crippen LogP contribution in [-0.4, -0.2) is 80.0 Å². The normalized spacial score (nSPS) is 21.9. The van der Waals surface area contributed by atoms with E-state index in [0.29, 0.717) is 5.56 Å². The van der Waals surface area contributed by atoms with E-state index in [0.717, 1.165) is 20.1 Å². The smallest absolute Gasteiger partial charge is 0.355 e. The summed E-state index contributed by atoms with van der Waals surface area (Å²) in [5, 5.41) is -0.308. The summed E-state index contributed by atoms with van der Waals surface area (Å²) in [6.07, 6.45) is 5.03. The number of fused-ring (bicyclic) bond motifs is 1. The van der Waals surface area contributed by atoms with Crippen LogP contribution in [0.1, 0.15) is 39.5 Å². The molecule has 0 amide bonds. The Hall–Kier alpha value is -4.55. The van der Waals surface area contributed by atoms with Crippen molar-refractivity contribution in [2.24, 2.45) is 0 Å². The third-order valence-electron chi connectivity index (χ3n) is 6.94. The lowest BCUT2D eigenvalue weighted by atomic mass is 9.91. The predicted molar refractivity (Wildman–Crippen MR) is 165 cm³/mol. The summed E-state index contributed by atoms with van der Waals surface area (Å²) in [6.45, 7) is 4.56. The molecule has 248 valence electrons. The van der Waals surface area contributed by atoms with E-state index in [1.54, 1.807) is 44.2 Å². The van der Waals surface area contributed by atoms with Crippen LogP contribution in [0.25, 0.3) is 11.2 Å². The first-order valence-corrected chi connectivity index (χ1v) is 14.9. The molecule has 0 aliphatic carbocycles. The number of hydrogen-bond acceptors (Lipinski definition) is 13. The average Bonchev–Trinajstić information content (AvgIpc) is 3.57. The number of rotatable bonds is 12. The quantitative estimate of drug-likeness (QED) is 0.0516. The van der Waals surface area contributed by atoms with Gasteiger partial charge in [0.1, 0.15) is 11.6 Å². The Morgan fingerprint density at radius 3 is 2.47 bits per heavy atom. The fourth-order valence-corrected chi connectivity index (χ4v) is 5.44. The van der Waals surface area contributed by atoms with Gasteiger partial charge in [-0.15, -0.1) is 6.42 Å². The summed E-state index contributed by atoms with van der Waals surface area (Å²) >= 11 is 12.3. The van der Waals surface area contributed by atoms with Crippen LogP contribution in [0.4, 0.5) is 0 Å². The Balaban J connectivity index is 1.85. The van der Waals surface area contributed by atoms with Gasteiger partial charge in [0.25, 0.3) is 5.60 Å². The van der Waals surface area contributed by atoms with Gasteiger partial charge in [0.2, 0.25) is 17.0 Å². The van der Waals surface area contributed by atoms with Gasteiger partial charge in [-0.25, -0.2) is 19.6 Å². The van der Waals surface area contributed by atoms with Crippen LogP contribution in [0.5, 0.6) is 0 Å². The number of ether oxygens (including phenoxy) is 6. The molecule has 3 aromatic rings. The highest BCUT2D eigenvalue weighted by Crippen LogP contribution is 2.44. The maximum absolute atomic E-state index is 13.6. The lowest BCUT2D eigenvalue weighted by Gasteiger charge is -2.34. The molecule has 0 radical (unpaired) electrons. The third-order valence-corrected chi connectivity index (χ3v) is 7.38. The molecule has 1 unspecified atom stereocenters. The number of halogens is 2. The van der Waals surface area contributed by atoms with Crippen LogP contribution in [-0.2, 0) is 54.0 Å². The fraction of sp³-hybridized carbons (Fsp3) is 0.387. The average molecular weight is 690 g/mol.